The van der Waals surface area contributed by atoms with Crippen molar-refractivity contribution in [3.63, 3.8) is 0 Å². The number of nitrogens with two attached hydrogens (primary N) is 2. The Kier molecular flexibility index (Phi) is 3.21. The zero-order chi connectivity index (χ0) is 11.5. The highest BCUT2D eigenvalue weighted by Crippen LogP contribution is 2.14. The number of rotatable bonds is 4. The van der Waals surface area contributed by atoms with E-state index in [4.69, 9.17) is 11.5 Å². The first-order valence-electron chi connectivity index (χ1n) is 5.43. The van der Waals surface area contributed by atoms with Gasteiger partial charge in [-0.1, -0.05) is 0 Å². The van der Waals surface area contributed by atoms with Gasteiger partial charge in [-0.2, -0.15) is 0 Å². The maximum atomic E-state index is 10.9. The number of nitrogens with zero attached hydrogens (tertiary/aromatic N) is 3. The first-order valence-corrected chi connectivity index (χ1v) is 5.43. The summed E-state index contributed by atoms with van der Waals surface area (Å²) < 4.78 is 2.12. The molecule has 2 rings (SSSR count). The number of hydrogen-bond acceptors (Lipinski definition) is 4. The van der Waals surface area contributed by atoms with Gasteiger partial charge in [-0.3, -0.25) is 9.69 Å². The van der Waals surface area contributed by atoms with Gasteiger partial charge in [0.1, 0.15) is 5.82 Å². The molecule has 0 bridgehead atoms. The predicted octanol–water partition coefficient (Wildman–Crippen LogP) is -1.10. The van der Waals surface area contributed by atoms with Crippen molar-refractivity contribution < 1.29 is 4.79 Å². The first kappa shape index (κ1) is 11.1. The molecule has 0 saturated carbocycles. The summed E-state index contributed by atoms with van der Waals surface area (Å²) >= 11 is 0. The van der Waals surface area contributed by atoms with Gasteiger partial charge in [-0.15, -0.1) is 0 Å². The van der Waals surface area contributed by atoms with Gasteiger partial charge in [0.2, 0.25) is 5.91 Å². The van der Waals surface area contributed by atoms with Crippen molar-refractivity contribution in [3.05, 3.63) is 18.2 Å². The van der Waals surface area contributed by atoms with E-state index in [0.717, 1.165) is 25.5 Å². The van der Waals surface area contributed by atoms with E-state index in [2.05, 4.69) is 14.5 Å². The Hall–Kier alpha value is -1.40. The number of imidazole rings is 1. The third-order valence-electron chi connectivity index (χ3n) is 3.00. The van der Waals surface area contributed by atoms with E-state index in [9.17, 15) is 4.79 Å². The third-order valence-corrected chi connectivity index (χ3v) is 3.00. The van der Waals surface area contributed by atoms with Crippen LogP contribution in [0.1, 0.15) is 12.2 Å². The predicted molar refractivity (Wildman–Crippen MR) is 59.3 cm³/mol. The van der Waals surface area contributed by atoms with Crippen LogP contribution in [-0.2, 0) is 17.9 Å². The summed E-state index contributed by atoms with van der Waals surface area (Å²) in [5, 5.41) is 0. The molecule has 0 aromatic carbocycles. The van der Waals surface area contributed by atoms with E-state index >= 15 is 0 Å². The van der Waals surface area contributed by atoms with Gasteiger partial charge in [0, 0.05) is 44.5 Å². The van der Waals surface area contributed by atoms with Gasteiger partial charge >= 0.3 is 0 Å². The van der Waals surface area contributed by atoms with E-state index in [0.29, 0.717) is 13.0 Å². The highest BCUT2D eigenvalue weighted by atomic mass is 16.1. The molecule has 1 atom stereocenters. The van der Waals surface area contributed by atoms with Crippen LogP contribution in [0, 0.1) is 0 Å². The van der Waals surface area contributed by atoms with Crippen LogP contribution in [0.2, 0.25) is 0 Å². The zero-order valence-electron chi connectivity index (χ0n) is 9.17. The lowest BCUT2D eigenvalue weighted by atomic mass is 10.1. The van der Waals surface area contributed by atoms with Crippen molar-refractivity contribution in [2.45, 2.75) is 25.6 Å². The van der Waals surface area contributed by atoms with Crippen LogP contribution in [0.4, 0.5) is 0 Å². The van der Waals surface area contributed by atoms with Gasteiger partial charge in [0.05, 0.1) is 6.54 Å². The van der Waals surface area contributed by atoms with Gasteiger partial charge in [-0.05, 0) is 0 Å². The van der Waals surface area contributed by atoms with E-state index in [1.165, 1.54) is 0 Å². The second-order valence-corrected chi connectivity index (χ2v) is 4.07. The Morgan fingerprint density at radius 1 is 1.56 bits per heavy atom. The molecule has 0 spiro atoms. The average molecular weight is 223 g/mol. The topological polar surface area (TPSA) is 90.2 Å². The molecule has 1 aliphatic rings. The van der Waals surface area contributed by atoms with Gasteiger partial charge in [-0.25, -0.2) is 4.98 Å². The van der Waals surface area contributed by atoms with Crippen molar-refractivity contribution >= 4 is 5.91 Å². The molecule has 2 heterocycles. The van der Waals surface area contributed by atoms with Crippen LogP contribution in [0.5, 0.6) is 0 Å². The molecule has 1 aromatic heterocycles. The standard InChI is InChI=1S/C10H17N5O/c11-6-8(5-9(12)16)15-4-3-14-2-1-13-10(14)7-15/h1-2,8H,3-7,11H2,(H2,12,16). The Morgan fingerprint density at radius 2 is 2.38 bits per heavy atom. The Balaban J connectivity index is 2.03. The molecule has 1 amide bonds. The highest BCUT2D eigenvalue weighted by molar-refractivity contribution is 5.74. The molecule has 16 heavy (non-hydrogen) atoms. The van der Waals surface area contributed by atoms with Gasteiger partial charge in [0.25, 0.3) is 0 Å². The number of primary amides is 1. The molecule has 0 radical (unpaired) electrons. The number of hydrogen-bond donors (Lipinski definition) is 2. The maximum absolute atomic E-state index is 10.9. The lowest BCUT2D eigenvalue weighted by Crippen LogP contribution is -2.46. The first-order chi connectivity index (χ1) is 7.70. The Labute approximate surface area is 94.2 Å². The summed E-state index contributed by atoms with van der Waals surface area (Å²) in [4.78, 5) is 17.4. The molecule has 1 unspecified atom stereocenters. The van der Waals surface area contributed by atoms with Gasteiger partial charge in [0.15, 0.2) is 0 Å². The molecule has 1 aliphatic heterocycles. The van der Waals surface area contributed by atoms with Crippen molar-refractivity contribution in [1.29, 1.82) is 0 Å². The second-order valence-electron chi connectivity index (χ2n) is 4.07. The monoisotopic (exact) mass is 223 g/mol. The number of amides is 1. The lowest BCUT2D eigenvalue weighted by molar-refractivity contribution is -0.119. The molecular weight excluding hydrogens is 206 g/mol. The lowest BCUT2D eigenvalue weighted by Gasteiger charge is -2.33. The number of carbonyl (C=O) groups excluding carboxylic acids is 1. The van der Waals surface area contributed by atoms with E-state index in [1.54, 1.807) is 6.20 Å². The fourth-order valence-electron chi connectivity index (χ4n) is 2.10. The summed E-state index contributed by atoms with van der Waals surface area (Å²) in [6.07, 6.45) is 4.08. The minimum absolute atomic E-state index is 0.0305. The third kappa shape index (κ3) is 2.23. The minimum Gasteiger partial charge on any atom is -0.370 e. The van der Waals surface area contributed by atoms with Crippen molar-refractivity contribution in [1.82, 2.24) is 14.5 Å². The van der Waals surface area contributed by atoms with Gasteiger partial charge < -0.3 is 16.0 Å². The fraction of sp³-hybridized carbons (Fsp3) is 0.600. The molecule has 4 N–H and O–H groups in total. The molecule has 88 valence electrons. The van der Waals surface area contributed by atoms with Crippen LogP contribution >= 0.6 is 0 Å². The summed E-state index contributed by atoms with van der Waals surface area (Å²) in [6, 6.07) is 0.0305. The summed E-state index contributed by atoms with van der Waals surface area (Å²) in [6.45, 7) is 2.97. The highest BCUT2D eigenvalue weighted by Gasteiger charge is 2.24. The van der Waals surface area contributed by atoms with Crippen molar-refractivity contribution in [2.24, 2.45) is 11.5 Å². The molecule has 6 nitrogen and oxygen atoms in total. The van der Waals surface area contributed by atoms with Crippen LogP contribution < -0.4 is 11.5 Å². The van der Waals surface area contributed by atoms with E-state index in [1.807, 2.05) is 6.20 Å². The van der Waals surface area contributed by atoms with Crippen LogP contribution in [0.3, 0.4) is 0 Å². The molecule has 0 aliphatic carbocycles. The second kappa shape index (κ2) is 4.63. The Bertz CT molecular complexity index is 375. The normalized spacial score (nSPS) is 18.1. The average Bonchev–Trinajstić information content (AvgIpc) is 2.72. The van der Waals surface area contributed by atoms with Crippen LogP contribution in [0.15, 0.2) is 12.4 Å². The SMILES string of the molecule is NCC(CC(N)=O)N1CCn2ccnc2C1. The summed E-state index contributed by atoms with van der Waals surface area (Å²) in [5.74, 6) is 0.721. The molecular formula is C10H17N5O. The molecule has 0 fully saturated rings. The minimum atomic E-state index is -0.302. The smallest absolute Gasteiger partial charge is 0.219 e. The maximum Gasteiger partial charge on any atom is 0.219 e. The number of aromatic nitrogens is 2. The van der Waals surface area contributed by atoms with Crippen molar-refractivity contribution in [2.75, 3.05) is 13.1 Å². The quantitative estimate of drug-likeness (QED) is 0.678. The summed E-state index contributed by atoms with van der Waals surface area (Å²) in [7, 11) is 0. The summed E-state index contributed by atoms with van der Waals surface area (Å²) in [5.41, 5.74) is 10.9. The van der Waals surface area contributed by atoms with E-state index < -0.39 is 0 Å². The molecule has 1 aromatic rings. The number of carbonyl (C=O) groups is 1. The van der Waals surface area contributed by atoms with Crippen molar-refractivity contribution in [3.8, 4) is 0 Å². The molecule has 6 heteroatoms. The molecule has 0 saturated heterocycles. The Morgan fingerprint density at radius 3 is 3.06 bits per heavy atom. The van der Waals surface area contributed by atoms with Crippen LogP contribution in [-0.4, -0.2) is 39.5 Å². The van der Waals surface area contributed by atoms with E-state index in [-0.39, 0.29) is 11.9 Å². The van der Waals surface area contributed by atoms with Crippen LogP contribution in [0.25, 0.3) is 0 Å². The number of fused-ring (bicyclic) bond motifs is 1. The zero-order valence-corrected chi connectivity index (χ0v) is 9.17. The fourth-order valence-corrected chi connectivity index (χ4v) is 2.10. The largest absolute Gasteiger partial charge is 0.370 e.